The van der Waals surface area contributed by atoms with Crippen LogP contribution in [-0.4, -0.2) is 47.9 Å². The zero-order valence-corrected chi connectivity index (χ0v) is 16.0. The van der Waals surface area contributed by atoms with Crippen LogP contribution in [0.2, 0.25) is 0 Å². The summed E-state index contributed by atoms with van der Waals surface area (Å²) < 4.78 is 69.3. The molecule has 0 aromatic carbocycles. The number of alkyl halides is 5. The molecule has 0 bridgehead atoms. The number of halogens is 5. The number of carbonyl (C=O) groups is 1. The SMILES string of the molecule is Cc1nc(C(=O)NC2CCOC2)sc1-c1cnc(NCC(F)(F)F)cc1C(F)F. The maximum atomic E-state index is 13.5. The van der Waals surface area contributed by atoms with Crippen molar-refractivity contribution in [1.82, 2.24) is 15.3 Å². The fourth-order valence-corrected chi connectivity index (χ4v) is 3.77. The number of amides is 1. The highest BCUT2D eigenvalue weighted by atomic mass is 32.1. The monoisotopic (exact) mass is 436 g/mol. The second kappa shape index (κ2) is 8.57. The van der Waals surface area contributed by atoms with Gasteiger partial charge in [-0.25, -0.2) is 18.7 Å². The van der Waals surface area contributed by atoms with E-state index in [4.69, 9.17) is 4.74 Å². The minimum Gasteiger partial charge on any atom is -0.379 e. The van der Waals surface area contributed by atoms with E-state index in [2.05, 4.69) is 15.3 Å². The van der Waals surface area contributed by atoms with Crippen LogP contribution in [-0.2, 0) is 4.74 Å². The second-order valence-corrected chi connectivity index (χ2v) is 7.39. The number of thiazole rings is 1. The molecule has 158 valence electrons. The largest absolute Gasteiger partial charge is 0.405 e. The van der Waals surface area contributed by atoms with E-state index < -0.39 is 30.6 Å². The Labute approximate surface area is 166 Å². The molecule has 1 saturated heterocycles. The molecule has 1 aliphatic heterocycles. The Kier molecular flexibility index (Phi) is 6.32. The van der Waals surface area contributed by atoms with Gasteiger partial charge in [0.25, 0.3) is 12.3 Å². The van der Waals surface area contributed by atoms with Crippen molar-refractivity contribution in [1.29, 1.82) is 0 Å². The van der Waals surface area contributed by atoms with E-state index in [9.17, 15) is 26.7 Å². The highest BCUT2D eigenvalue weighted by molar-refractivity contribution is 7.17. The number of hydrogen-bond donors (Lipinski definition) is 2. The molecule has 1 aliphatic rings. The zero-order valence-electron chi connectivity index (χ0n) is 15.1. The number of aromatic nitrogens is 2. The van der Waals surface area contributed by atoms with Gasteiger partial charge in [-0.15, -0.1) is 11.3 Å². The summed E-state index contributed by atoms with van der Waals surface area (Å²) in [6.45, 7) is 1.11. The summed E-state index contributed by atoms with van der Waals surface area (Å²) in [4.78, 5) is 20.6. The van der Waals surface area contributed by atoms with Gasteiger partial charge in [0.1, 0.15) is 12.4 Å². The molecule has 1 amide bonds. The molecule has 2 aromatic heterocycles. The molecule has 2 N–H and O–H groups in total. The molecule has 6 nitrogen and oxygen atoms in total. The Morgan fingerprint density at radius 3 is 2.79 bits per heavy atom. The molecule has 3 heterocycles. The number of rotatable bonds is 6. The summed E-state index contributed by atoms with van der Waals surface area (Å²) in [6, 6.07) is 0.744. The summed E-state index contributed by atoms with van der Waals surface area (Å²) in [5, 5.41) is 4.85. The van der Waals surface area contributed by atoms with Gasteiger partial charge in [0.2, 0.25) is 0 Å². The van der Waals surface area contributed by atoms with Gasteiger partial charge in [-0.2, -0.15) is 13.2 Å². The maximum Gasteiger partial charge on any atom is 0.405 e. The minimum atomic E-state index is -4.51. The van der Waals surface area contributed by atoms with Crippen molar-refractivity contribution in [2.75, 3.05) is 25.1 Å². The number of carbonyl (C=O) groups excluding carboxylic acids is 1. The summed E-state index contributed by atoms with van der Waals surface area (Å²) in [7, 11) is 0. The van der Waals surface area contributed by atoms with Crippen LogP contribution in [0.1, 0.15) is 33.9 Å². The molecular formula is C17H17F5N4O2S. The Morgan fingerprint density at radius 1 is 1.41 bits per heavy atom. The summed E-state index contributed by atoms with van der Waals surface area (Å²) in [6.07, 6.45) is -5.72. The van der Waals surface area contributed by atoms with Crippen LogP contribution in [0, 0.1) is 6.92 Å². The number of pyridine rings is 1. The Bertz CT molecular complexity index is 881. The molecule has 2 aromatic rings. The van der Waals surface area contributed by atoms with Gasteiger partial charge in [-0.3, -0.25) is 4.79 Å². The molecule has 3 rings (SSSR count). The number of hydrogen-bond acceptors (Lipinski definition) is 6. The van der Waals surface area contributed by atoms with Crippen LogP contribution in [0.4, 0.5) is 27.8 Å². The normalized spacial score (nSPS) is 17.0. The fraction of sp³-hybridized carbons (Fsp3) is 0.471. The first-order chi connectivity index (χ1) is 13.6. The lowest BCUT2D eigenvalue weighted by Crippen LogP contribution is -2.34. The van der Waals surface area contributed by atoms with Gasteiger partial charge in [0.05, 0.1) is 23.2 Å². The number of aryl methyl sites for hydroxylation is 1. The molecule has 0 aliphatic carbocycles. The van der Waals surface area contributed by atoms with E-state index in [1.54, 1.807) is 6.92 Å². The third-order valence-corrected chi connectivity index (χ3v) is 5.33. The van der Waals surface area contributed by atoms with Crippen molar-refractivity contribution in [2.24, 2.45) is 0 Å². The molecule has 1 unspecified atom stereocenters. The molecule has 29 heavy (non-hydrogen) atoms. The predicted molar refractivity (Wildman–Crippen MR) is 96.3 cm³/mol. The van der Waals surface area contributed by atoms with E-state index in [1.807, 2.05) is 5.32 Å². The van der Waals surface area contributed by atoms with E-state index in [-0.39, 0.29) is 22.4 Å². The first-order valence-electron chi connectivity index (χ1n) is 8.59. The average molecular weight is 436 g/mol. The van der Waals surface area contributed by atoms with Gasteiger partial charge in [-0.1, -0.05) is 0 Å². The Morgan fingerprint density at radius 2 is 2.17 bits per heavy atom. The number of nitrogens with one attached hydrogen (secondary N) is 2. The zero-order chi connectivity index (χ0) is 21.2. The van der Waals surface area contributed by atoms with Crippen LogP contribution in [0.25, 0.3) is 10.4 Å². The van der Waals surface area contributed by atoms with Crippen LogP contribution >= 0.6 is 11.3 Å². The molecule has 1 atom stereocenters. The number of nitrogens with zero attached hydrogens (tertiary/aromatic N) is 2. The lowest BCUT2D eigenvalue weighted by atomic mass is 10.1. The molecule has 0 spiro atoms. The molecule has 0 radical (unpaired) electrons. The van der Waals surface area contributed by atoms with Crippen molar-refractivity contribution >= 4 is 23.1 Å². The summed E-state index contributed by atoms with van der Waals surface area (Å²) in [5.41, 5.74) is -0.120. The van der Waals surface area contributed by atoms with Crippen LogP contribution in [0.5, 0.6) is 0 Å². The smallest absolute Gasteiger partial charge is 0.379 e. The van der Waals surface area contributed by atoms with E-state index >= 15 is 0 Å². The number of anilines is 1. The van der Waals surface area contributed by atoms with Gasteiger partial charge >= 0.3 is 6.18 Å². The van der Waals surface area contributed by atoms with Crippen LogP contribution < -0.4 is 10.6 Å². The molecule has 12 heteroatoms. The first kappa shape index (κ1) is 21.4. The highest BCUT2D eigenvalue weighted by Crippen LogP contribution is 2.37. The number of ether oxygens (including phenoxy) is 1. The Balaban J connectivity index is 1.85. The van der Waals surface area contributed by atoms with Gasteiger partial charge < -0.3 is 15.4 Å². The van der Waals surface area contributed by atoms with Gasteiger partial charge in [0, 0.05) is 23.9 Å². The first-order valence-corrected chi connectivity index (χ1v) is 9.41. The lowest BCUT2D eigenvalue weighted by Gasteiger charge is -2.12. The van der Waals surface area contributed by atoms with Crippen molar-refractivity contribution in [3.8, 4) is 10.4 Å². The minimum absolute atomic E-state index is 0.0239. The van der Waals surface area contributed by atoms with E-state index in [1.165, 1.54) is 0 Å². The molecule has 0 saturated carbocycles. The van der Waals surface area contributed by atoms with Crippen molar-refractivity contribution in [3.63, 3.8) is 0 Å². The van der Waals surface area contributed by atoms with E-state index in [0.717, 1.165) is 23.6 Å². The Hall–Kier alpha value is -2.34. The van der Waals surface area contributed by atoms with Crippen molar-refractivity contribution in [3.05, 3.63) is 28.5 Å². The lowest BCUT2D eigenvalue weighted by molar-refractivity contribution is -0.115. The highest BCUT2D eigenvalue weighted by Gasteiger charge is 2.28. The molecular weight excluding hydrogens is 419 g/mol. The maximum absolute atomic E-state index is 13.5. The van der Waals surface area contributed by atoms with Gasteiger partial charge in [-0.05, 0) is 19.4 Å². The van der Waals surface area contributed by atoms with Crippen LogP contribution in [0.3, 0.4) is 0 Å². The predicted octanol–water partition coefficient (Wildman–Crippen LogP) is 3.94. The third kappa shape index (κ3) is 5.38. The quantitative estimate of drug-likeness (QED) is 0.671. The fourth-order valence-electron chi connectivity index (χ4n) is 2.77. The van der Waals surface area contributed by atoms with Gasteiger partial charge in [0.15, 0.2) is 5.01 Å². The summed E-state index contributed by atoms with van der Waals surface area (Å²) in [5.74, 6) is -0.752. The van der Waals surface area contributed by atoms with E-state index in [0.29, 0.717) is 30.2 Å². The second-order valence-electron chi connectivity index (χ2n) is 6.39. The third-order valence-electron chi connectivity index (χ3n) is 4.14. The van der Waals surface area contributed by atoms with Crippen LogP contribution in [0.15, 0.2) is 12.3 Å². The topological polar surface area (TPSA) is 76.1 Å². The molecule has 1 fully saturated rings. The van der Waals surface area contributed by atoms with Crippen molar-refractivity contribution < 1.29 is 31.5 Å². The van der Waals surface area contributed by atoms with Crippen molar-refractivity contribution in [2.45, 2.75) is 32.0 Å². The summed E-state index contributed by atoms with van der Waals surface area (Å²) >= 11 is 0.921. The standard InChI is InChI=1S/C17H17F5N4O2S/c1-8-13(29-16(25-8)15(27)26-9-2-3-28-6-9)11-5-23-12(4-10(11)14(18)19)24-7-17(20,21)22/h4-5,9,14H,2-3,6-7H2,1H3,(H,23,24)(H,26,27). The average Bonchev–Trinajstić information content (AvgIpc) is 3.28.